The fourth-order valence-corrected chi connectivity index (χ4v) is 4.78. The molecule has 1 fully saturated rings. The molecule has 186 valence electrons. The van der Waals surface area contributed by atoms with Gasteiger partial charge < -0.3 is 16.0 Å². The Bertz CT molecular complexity index is 938. The van der Waals surface area contributed by atoms with E-state index in [4.69, 9.17) is 0 Å². The number of nitrogens with zero attached hydrogens (tertiary/aromatic N) is 2. The van der Waals surface area contributed by atoms with Crippen LogP contribution < -0.4 is 16.0 Å². The number of piperidine rings is 1. The fraction of sp³-hybridized carbons (Fsp3) is 0.481. The third-order valence-electron chi connectivity index (χ3n) is 6.25. The van der Waals surface area contributed by atoms with Crippen LogP contribution in [0, 0.1) is 11.8 Å². The van der Waals surface area contributed by atoms with Crippen LogP contribution in [0.2, 0.25) is 0 Å². The van der Waals surface area contributed by atoms with E-state index >= 15 is 0 Å². The van der Waals surface area contributed by atoms with Crippen LogP contribution in [0.1, 0.15) is 47.3 Å². The molecular weight excluding hydrogens is 537 g/mol. The van der Waals surface area contributed by atoms with Crippen molar-refractivity contribution < 1.29 is 4.79 Å². The van der Waals surface area contributed by atoms with Gasteiger partial charge in [0.05, 0.1) is 0 Å². The number of hydrogen-bond donors (Lipinski definition) is 3. The first-order valence-electron chi connectivity index (χ1n) is 12.0. The van der Waals surface area contributed by atoms with Gasteiger partial charge in [0.15, 0.2) is 5.96 Å². The molecule has 2 unspecified atom stereocenters. The molecule has 1 amide bonds. The Morgan fingerprint density at radius 1 is 1.03 bits per heavy atom. The van der Waals surface area contributed by atoms with Crippen molar-refractivity contribution in [2.75, 3.05) is 33.7 Å². The zero-order chi connectivity index (χ0) is 23.6. The van der Waals surface area contributed by atoms with E-state index < -0.39 is 0 Å². The van der Waals surface area contributed by atoms with E-state index in [0.717, 1.165) is 49.4 Å². The van der Waals surface area contributed by atoms with Crippen molar-refractivity contribution in [1.29, 1.82) is 0 Å². The predicted molar refractivity (Wildman–Crippen MR) is 152 cm³/mol. The zero-order valence-corrected chi connectivity index (χ0v) is 23.3. The SMILES string of the molecule is CN=C(NCCc1cccc(C(=O)NC)c1)NCc1ccccc1CN1CC(C)CC(C)C1.I. The molecule has 0 saturated carbocycles. The first-order chi connectivity index (χ1) is 16.0. The van der Waals surface area contributed by atoms with Crippen LogP contribution >= 0.6 is 24.0 Å². The Balaban J connectivity index is 0.00000408. The molecular formula is C27H40IN5O. The number of benzene rings is 2. The third-order valence-corrected chi connectivity index (χ3v) is 6.25. The van der Waals surface area contributed by atoms with E-state index in [1.54, 1.807) is 14.1 Å². The van der Waals surface area contributed by atoms with E-state index in [-0.39, 0.29) is 29.9 Å². The van der Waals surface area contributed by atoms with Crippen molar-refractivity contribution in [3.8, 4) is 0 Å². The van der Waals surface area contributed by atoms with Crippen molar-refractivity contribution in [2.45, 2.75) is 39.8 Å². The summed E-state index contributed by atoms with van der Waals surface area (Å²) < 4.78 is 0. The average Bonchev–Trinajstić information content (AvgIpc) is 2.81. The number of rotatable bonds is 8. The second-order valence-electron chi connectivity index (χ2n) is 9.29. The summed E-state index contributed by atoms with van der Waals surface area (Å²) in [7, 11) is 3.45. The highest BCUT2D eigenvalue weighted by Gasteiger charge is 2.22. The Morgan fingerprint density at radius 2 is 1.74 bits per heavy atom. The minimum Gasteiger partial charge on any atom is -0.356 e. The normalized spacial score (nSPS) is 18.6. The van der Waals surface area contributed by atoms with Crippen molar-refractivity contribution in [2.24, 2.45) is 16.8 Å². The summed E-state index contributed by atoms with van der Waals surface area (Å²) in [6, 6.07) is 16.4. The molecule has 2 aromatic carbocycles. The molecule has 1 saturated heterocycles. The van der Waals surface area contributed by atoms with Crippen LogP contribution in [0.3, 0.4) is 0 Å². The van der Waals surface area contributed by atoms with Gasteiger partial charge >= 0.3 is 0 Å². The summed E-state index contributed by atoms with van der Waals surface area (Å²) in [4.78, 5) is 18.8. The molecule has 3 N–H and O–H groups in total. The Kier molecular flexibility index (Phi) is 11.8. The minimum atomic E-state index is -0.0607. The average molecular weight is 578 g/mol. The smallest absolute Gasteiger partial charge is 0.251 e. The monoisotopic (exact) mass is 577 g/mol. The van der Waals surface area contributed by atoms with Gasteiger partial charge in [-0.2, -0.15) is 0 Å². The van der Waals surface area contributed by atoms with Crippen molar-refractivity contribution >= 4 is 35.8 Å². The lowest BCUT2D eigenvalue weighted by Crippen LogP contribution is -2.39. The number of nitrogens with one attached hydrogen (secondary N) is 3. The van der Waals surface area contributed by atoms with Crippen molar-refractivity contribution in [3.63, 3.8) is 0 Å². The molecule has 6 nitrogen and oxygen atoms in total. The van der Waals surface area contributed by atoms with E-state index in [1.165, 1.54) is 30.6 Å². The van der Waals surface area contributed by atoms with E-state index in [1.807, 2.05) is 24.3 Å². The van der Waals surface area contributed by atoms with Gasteiger partial charge in [0.2, 0.25) is 0 Å². The van der Waals surface area contributed by atoms with Gasteiger partial charge in [-0.05, 0) is 53.5 Å². The van der Waals surface area contributed by atoms with Crippen molar-refractivity contribution in [1.82, 2.24) is 20.9 Å². The second-order valence-corrected chi connectivity index (χ2v) is 9.29. The molecule has 0 radical (unpaired) electrons. The summed E-state index contributed by atoms with van der Waals surface area (Å²) >= 11 is 0. The number of halogens is 1. The van der Waals surface area contributed by atoms with Gasteiger partial charge in [-0.1, -0.05) is 50.2 Å². The minimum absolute atomic E-state index is 0. The zero-order valence-electron chi connectivity index (χ0n) is 20.9. The van der Waals surface area contributed by atoms with E-state index in [9.17, 15) is 4.79 Å². The first kappa shape index (κ1) is 28.1. The molecule has 2 atom stereocenters. The largest absolute Gasteiger partial charge is 0.356 e. The van der Waals surface area contributed by atoms with Crippen LogP contribution in [0.15, 0.2) is 53.5 Å². The Labute approximate surface area is 222 Å². The summed E-state index contributed by atoms with van der Waals surface area (Å²) in [6.45, 7) is 9.55. The first-order valence-corrected chi connectivity index (χ1v) is 12.0. The molecule has 0 bridgehead atoms. The molecule has 0 spiro atoms. The standard InChI is InChI=1S/C27H39N5O.HI/c1-20-14-21(2)18-32(17-20)19-25-10-6-5-9-24(25)16-31-27(29-4)30-13-12-22-8-7-11-23(15-22)26(33)28-3;/h5-11,15,20-21H,12-14,16-19H2,1-4H3,(H,28,33)(H2,29,30,31);1H. The molecule has 0 aliphatic carbocycles. The maximum absolute atomic E-state index is 11.8. The van der Waals surface area contributed by atoms with Gasteiger partial charge in [0.1, 0.15) is 0 Å². The number of carbonyl (C=O) groups is 1. The highest BCUT2D eigenvalue weighted by atomic mass is 127. The molecule has 0 aromatic heterocycles. The summed E-state index contributed by atoms with van der Waals surface area (Å²) in [6.07, 6.45) is 2.14. The summed E-state index contributed by atoms with van der Waals surface area (Å²) in [5.74, 6) is 2.25. The maximum atomic E-state index is 11.8. The van der Waals surface area contributed by atoms with Crippen LogP contribution in [-0.2, 0) is 19.5 Å². The van der Waals surface area contributed by atoms with Crippen LogP contribution in [0.25, 0.3) is 0 Å². The molecule has 1 aliphatic heterocycles. The van der Waals surface area contributed by atoms with Crippen molar-refractivity contribution in [3.05, 3.63) is 70.8 Å². The summed E-state index contributed by atoms with van der Waals surface area (Å²) in [5, 5.41) is 9.53. The van der Waals surface area contributed by atoms with Gasteiger partial charge in [-0.3, -0.25) is 14.7 Å². The molecule has 7 heteroatoms. The van der Waals surface area contributed by atoms with Gasteiger partial charge in [-0.15, -0.1) is 24.0 Å². The lowest BCUT2D eigenvalue weighted by atomic mass is 9.91. The molecule has 1 heterocycles. The lowest BCUT2D eigenvalue weighted by Gasteiger charge is -2.35. The number of carbonyl (C=O) groups excluding carboxylic acids is 1. The van der Waals surface area contributed by atoms with Crippen LogP contribution in [0.4, 0.5) is 0 Å². The number of likely N-dealkylation sites (tertiary alicyclic amines) is 1. The van der Waals surface area contributed by atoms with Crippen LogP contribution in [0.5, 0.6) is 0 Å². The van der Waals surface area contributed by atoms with Gasteiger partial charge in [0.25, 0.3) is 5.91 Å². The Morgan fingerprint density at radius 3 is 2.41 bits per heavy atom. The van der Waals surface area contributed by atoms with E-state index in [2.05, 4.69) is 64.0 Å². The lowest BCUT2D eigenvalue weighted by molar-refractivity contribution is 0.0963. The van der Waals surface area contributed by atoms with Crippen LogP contribution in [-0.4, -0.2) is 50.5 Å². The highest BCUT2D eigenvalue weighted by molar-refractivity contribution is 14.0. The maximum Gasteiger partial charge on any atom is 0.251 e. The fourth-order valence-electron chi connectivity index (χ4n) is 4.78. The molecule has 3 rings (SSSR count). The number of guanidine groups is 1. The number of aliphatic imine (C=N–C) groups is 1. The van der Waals surface area contributed by atoms with Gasteiger partial charge in [-0.25, -0.2) is 0 Å². The number of amides is 1. The van der Waals surface area contributed by atoms with Gasteiger partial charge in [0, 0.05) is 52.4 Å². The Hall–Kier alpha value is -2.13. The number of hydrogen-bond acceptors (Lipinski definition) is 3. The quantitative estimate of drug-likeness (QED) is 0.252. The summed E-state index contributed by atoms with van der Waals surface area (Å²) in [5.41, 5.74) is 4.50. The topological polar surface area (TPSA) is 68.8 Å². The third kappa shape index (κ3) is 8.58. The molecule has 1 aliphatic rings. The second kappa shape index (κ2) is 14.3. The molecule has 2 aromatic rings. The van der Waals surface area contributed by atoms with E-state index in [0.29, 0.717) is 5.56 Å². The molecule has 34 heavy (non-hydrogen) atoms. The highest BCUT2D eigenvalue weighted by Crippen LogP contribution is 2.23. The predicted octanol–water partition coefficient (Wildman–Crippen LogP) is 4.05.